The van der Waals surface area contributed by atoms with E-state index >= 15 is 0 Å². The Morgan fingerprint density at radius 3 is 2.70 bits per heavy atom. The van der Waals surface area contributed by atoms with Crippen molar-refractivity contribution in [1.29, 1.82) is 0 Å². The maximum atomic E-state index is 13.0. The molecule has 2 aliphatic rings. The van der Waals surface area contributed by atoms with E-state index in [-0.39, 0.29) is 11.8 Å². The third kappa shape index (κ3) is 2.98. The predicted octanol–water partition coefficient (Wildman–Crippen LogP) is 1.21. The van der Waals surface area contributed by atoms with Crippen molar-refractivity contribution >= 4 is 11.8 Å². The van der Waals surface area contributed by atoms with Gasteiger partial charge >= 0.3 is 0 Å². The summed E-state index contributed by atoms with van der Waals surface area (Å²) in [6, 6.07) is -0.650. The molecule has 0 aliphatic heterocycles. The molecule has 3 atom stereocenters. The Labute approximate surface area is 157 Å². The second kappa shape index (κ2) is 6.14. The molecule has 8 heteroatoms. The lowest BCUT2D eigenvalue weighted by Crippen LogP contribution is -2.53. The molecule has 0 radical (unpaired) electrons. The highest BCUT2D eigenvalue weighted by atomic mass is 16.2. The van der Waals surface area contributed by atoms with Crippen molar-refractivity contribution in [1.82, 2.24) is 30.4 Å². The minimum Gasteiger partial charge on any atom is -0.357 e. The molecule has 2 aromatic rings. The third-order valence-electron chi connectivity index (χ3n) is 5.40. The lowest BCUT2D eigenvalue weighted by molar-refractivity contribution is -0.124. The van der Waals surface area contributed by atoms with Crippen LogP contribution in [0.25, 0.3) is 5.82 Å². The van der Waals surface area contributed by atoms with Crippen molar-refractivity contribution in [3.05, 3.63) is 35.5 Å². The highest BCUT2D eigenvalue weighted by Gasteiger charge is 2.50. The molecule has 2 N–H and O–H groups in total. The van der Waals surface area contributed by atoms with E-state index < -0.39 is 11.5 Å². The minimum absolute atomic E-state index is 0.219. The molecular weight excluding hydrogens is 344 g/mol. The van der Waals surface area contributed by atoms with Crippen LogP contribution in [0.15, 0.2) is 18.6 Å². The molecule has 1 saturated carbocycles. The molecular formula is C19H24N6O2. The number of likely N-dealkylation sites (N-methyl/N-ethyl adjacent to an activating group) is 1. The van der Waals surface area contributed by atoms with Gasteiger partial charge in [-0.1, -0.05) is 20.8 Å². The van der Waals surface area contributed by atoms with E-state index in [1.54, 1.807) is 30.3 Å². The Kier molecular flexibility index (Phi) is 4.01. The van der Waals surface area contributed by atoms with Gasteiger partial charge in [0.05, 0.1) is 11.9 Å². The van der Waals surface area contributed by atoms with Gasteiger partial charge in [-0.3, -0.25) is 14.6 Å². The van der Waals surface area contributed by atoms with Crippen LogP contribution in [0.3, 0.4) is 0 Å². The van der Waals surface area contributed by atoms with Crippen molar-refractivity contribution in [2.45, 2.75) is 45.6 Å². The van der Waals surface area contributed by atoms with Gasteiger partial charge in [-0.05, 0) is 24.2 Å². The summed E-state index contributed by atoms with van der Waals surface area (Å²) in [6.45, 7) is 5.76. The van der Waals surface area contributed by atoms with Crippen LogP contribution in [0.2, 0.25) is 0 Å². The minimum atomic E-state index is -0.650. The molecule has 0 bridgehead atoms. The quantitative estimate of drug-likeness (QED) is 0.845. The Bertz CT molecular complexity index is 899. The fourth-order valence-electron chi connectivity index (χ4n) is 3.89. The standard InChI is InChI=1S/C19H24N6O2/c1-19(2,3)16(18(27)20-4)23-17(26)14-12-8-10-7-11(10)15(12)25(24-14)13-9-21-5-6-22-13/h5-6,9-11,16H,7-8H2,1-4H3,(H,20,27)(H,23,26)/t10-,11-,16-/m1/s1. The molecule has 0 aromatic carbocycles. The third-order valence-corrected chi connectivity index (χ3v) is 5.40. The average molecular weight is 368 g/mol. The molecule has 2 heterocycles. The van der Waals surface area contributed by atoms with Crippen molar-refractivity contribution in [2.75, 3.05) is 7.05 Å². The van der Waals surface area contributed by atoms with E-state index in [1.165, 1.54) is 0 Å². The van der Waals surface area contributed by atoms with Gasteiger partial charge in [0.15, 0.2) is 11.5 Å². The van der Waals surface area contributed by atoms with Gasteiger partial charge in [-0.15, -0.1) is 0 Å². The number of nitrogens with one attached hydrogen (secondary N) is 2. The van der Waals surface area contributed by atoms with Crippen LogP contribution in [-0.4, -0.2) is 44.7 Å². The van der Waals surface area contributed by atoms with E-state index in [0.717, 1.165) is 24.1 Å². The van der Waals surface area contributed by atoms with Crippen molar-refractivity contribution < 1.29 is 9.59 Å². The summed E-state index contributed by atoms with van der Waals surface area (Å²) < 4.78 is 1.75. The van der Waals surface area contributed by atoms with Crippen LogP contribution < -0.4 is 10.6 Å². The number of rotatable bonds is 4. The summed E-state index contributed by atoms with van der Waals surface area (Å²) >= 11 is 0. The molecule has 2 aromatic heterocycles. The monoisotopic (exact) mass is 368 g/mol. The SMILES string of the molecule is CNC(=O)[C@@H](NC(=O)c1nn(-c2cnccn2)c2c1C[C@H]1C[C@@H]21)C(C)(C)C. The van der Waals surface area contributed by atoms with Crippen molar-refractivity contribution in [3.8, 4) is 5.82 Å². The maximum absolute atomic E-state index is 13.0. The summed E-state index contributed by atoms with van der Waals surface area (Å²) in [4.78, 5) is 33.8. The Morgan fingerprint density at radius 2 is 2.07 bits per heavy atom. The van der Waals surface area contributed by atoms with E-state index in [9.17, 15) is 9.59 Å². The molecule has 2 amide bonds. The molecule has 0 unspecified atom stereocenters. The van der Waals surface area contributed by atoms with E-state index in [1.807, 2.05) is 20.8 Å². The topological polar surface area (TPSA) is 102 Å². The van der Waals surface area contributed by atoms with Gasteiger partial charge in [0.2, 0.25) is 5.91 Å². The van der Waals surface area contributed by atoms with Crippen LogP contribution in [-0.2, 0) is 11.2 Å². The summed E-state index contributed by atoms with van der Waals surface area (Å²) in [6.07, 6.45) is 6.85. The van der Waals surface area contributed by atoms with Crippen molar-refractivity contribution in [2.24, 2.45) is 11.3 Å². The molecule has 8 nitrogen and oxygen atoms in total. The molecule has 0 spiro atoms. The van der Waals surface area contributed by atoms with E-state index in [0.29, 0.717) is 23.3 Å². The van der Waals surface area contributed by atoms with Crippen LogP contribution in [0, 0.1) is 11.3 Å². The van der Waals surface area contributed by atoms with Crippen LogP contribution in [0.1, 0.15) is 54.9 Å². The van der Waals surface area contributed by atoms with Crippen LogP contribution >= 0.6 is 0 Å². The lowest BCUT2D eigenvalue weighted by Gasteiger charge is -2.29. The van der Waals surface area contributed by atoms with Crippen LogP contribution in [0.5, 0.6) is 0 Å². The second-order valence-electron chi connectivity index (χ2n) is 8.38. The van der Waals surface area contributed by atoms with Gasteiger partial charge in [-0.2, -0.15) is 5.10 Å². The highest BCUT2D eigenvalue weighted by molar-refractivity contribution is 5.98. The first-order valence-corrected chi connectivity index (χ1v) is 9.22. The maximum Gasteiger partial charge on any atom is 0.272 e. The summed E-state index contributed by atoms with van der Waals surface area (Å²) in [5.74, 6) is 1.10. The normalized spacial score (nSPS) is 21.2. The fourth-order valence-corrected chi connectivity index (χ4v) is 3.89. The number of hydrogen-bond donors (Lipinski definition) is 2. The predicted molar refractivity (Wildman–Crippen MR) is 98.5 cm³/mol. The van der Waals surface area contributed by atoms with E-state index in [4.69, 9.17) is 0 Å². The Hall–Kier alpha value is -2.77. The summed E-state index contributed by atoms with van der Waals surface area (Å²) in [7, 11) is 1.57. The number of fused-ring (bicyclic) bond motifs is 3. The number of amides is 2. The molecule has 4 rings (SSSR count). The number of aromatic nitrogens is 4. The van der Waals surface area contributed by atoms with Gasteiger partial charge in [0.1, 0.15) is 6.04 Å². The fraction of sp³-hybridized carbons (Fsp3) is 0.526. The highest BCUT2D eigenvalue weighted by Crippen LogP contribution is 2.57. The Balaban J connectivity index is 1.69. The summed E-state index contributed by atoms with van der Waals surface area (Å²) in [5, 5.41) is 10.1. The molecule has 0 saturated heterocycles. The van der Waals surface area contributed by atoms with E-state index in [2.05, 4.69) is 25.7 Å². The first-order chi connectivity index (χ1) is 12.8. The Morgan fingerprint density at radius 1 is 1.30 bits per heavy atom. The van der Waals surface area contributed by atoms with Crippen LogP contribution in [0.4, 0.5) is 0 Å². The number of carbonyl (C=O) groups excluding carboxylic acids is 2. The number of carbonyl (C=O) groups is 2. The average Bonchev–Trinajstić information content (AvgIpc) is 3.14. The number of hydrogen-bond acceptors (Lipinski definition) is 5. The lowest BCUT2D eigenvalue weighted by atomic mass is 9.86. The van der Waals surface area contributed by atoms with Crippen molar-refractivity contribution in [3.63, 3.8) is 0 Å². The zero-order valence-electron chi connectivity index (χ0n) is 16.0. The van der Waals surface area contributed by atoms with Gasteiger partial charge in [-0.25, -0.2) is 9.67 Å². The molecule has 1 fully saturated rings. The smallest absolute Gasteiger partial charge is 0.272 e. The molecule has 142 valence electrons. The number of nitrogens with zero attached hydrogens (tertiary/aromatic N) is 4. The first-order valence-electron chi connectivity index (χ1n) is 9.22. The largest absolute Gasteiger partial charge is 0.357 e. The van der Waals surface area contributed by atoms with Gasteiger partial charge in [0.25, 0.3) is 5.91 Å². The zero-order valence-corrected chi connectivity index (χ0v) is 16.0. The zero-order chi connectivity index (χ0) is 19.3. The van der Waals surface area contributed by atoms with Gasteiger partial charge < -0.3 is 10.6 Å². The second-order valence-corrected chi connectivity index (χ2v) is 8.38. The first kappa shape index (κ1) is 17.6. The molecule has 27 heavy (non-hydrogen) atoms. The molecule has 2 aliphatic carbocycles. The van der Waals surface area contributed by atoms with Gasteiger partial charge in [0, 0.05) is 30.9 Å². The summed E-state index contributed by atoms with van der Waals surface area (Å²) in [5.41, 5.74) is 2.01.